The molecule has 0 spiro atoms. The molecule has 0 N–H and O–H groups in total. The second-order valence-corrected chi connectivity index (χ2v) is 3.10. The first-order valence-corrected chi connectivity index (χ1v) is 4.52. The van der Waals surface area contributed by atoms with Gasteiger partial charge in [-0.2, -0.15) is 0 Å². The smallest absolute Gasteiger partial charge is 0.415 e. The predicted octanol–water partition coefficient (Wildman–Crippen LogP) is 2.21. The van der Waals surface area contributed by atoms with Crippen LogP contribution in [0.2, 0.25) is 0 Å². The lowest BCUT2D eigenvalue weighted by molar-refractivity contribution is -0.387. The second kappa shape index (κ2) is 3.98. The summed E-state index contributed by atoms with van der Waals surface area (Å²) in [6.45, 7) is 0. The number of nitro groups is 1. The van der Waals surface area contributed by atoms with E-state index in [2.05, 4.69) is 0 Å². The molecular weight excluding hydrogens is 210 g/mol. The SMILES string of the molecule is O=c1oc(-c2ccccc2)ccc1[N+](=O)[O-]. The first-order valence-electron chi connectivity index (χ1n) is 4.52. The van der Waals surface area contributed by atoms with Crippen LogP contribution in [0.3, 0.4) is 0 Å². The van der Waals surface area contributed by atoms with Crippen LogP contribution in [0.1, 0.15) is 0 Å². The van der Waals surface area contributed by atoms with E-state index in [0.717, 1.165) is 6.07 Å². The standard InChI is InChI=1S/C11H7NO4/c13-11-9(12(14)15)6-7-10(16-11)8-4-2-1-3-5-8/h1-7H. The maximum atomic E-state index is 11.2. The van der Waals surface area contributed by atoms with Gasteiger partial charge in [-0.05, 0) is 6.07 Å². The summed E-state index contributed by atoms with van der Waals surface area (Å²) in [5.41, 5.74) is -0.791. The van der Waals surface area contributed by atoms with Crippen molar-refractivity contribution >= 4 is 5.69 Å². The van der Waals surface area contributed by atoms with Crippen molar-refractivity contribution in [1.82, 2.24) is 0 Å². The normalized spacial score (nSPS) is 10.0. The largest absolute Gasteiger partial charge is 0.418 e. The van der Waals surface area contributed by atoms with Crippen LogP contribution in [-0.2, 0) is 0 Å². The lowest BCUT2D eigenvalue weighted by atomic mass is 10.1. The molecule has 0 atom stereocenters. The molecule has 0 aliphatic carbocycles. The average molecular weight is 217 g/mol. The van der Waals surface area contributed by atoms with E-state index in [4.69, 9.17) is 4.42 Å². The summed E-state index contributed by atoms with van der Waals surface area (Å²) in [7, 11) is 0. The van der Waals surface area contributed by atoms with Crippen LogP contribution in [0.4, 0.5) is 5.69 Å². The van der Waals surface area contributed by atoms with Gasteiger partial charge in [0.15, 0.2) is 0 Å². The third-order valence-corrected chi connectivity index (χ3v) is 2.06. The summed E-state index contributed by atoms with van der Waals surface area (Å²) in [5, 5.41) is 10.4. The fourth-order valence-electron chi connectivity index (χ4n) is 1.30. The zero-order valence-electron chi connectivity index (χ0n) is 8.12. The Morgan fingerprint density at radius 1 is 1.06 bits per heavy atom. The molecule has 0 bridgehead atoms. The quantitative estimate of drug-likeness (QED) is 0.571. The molecule has 2 aromatic rings. The van der Waals surface area contributed by atoms with E-state index < -0.39 is 16.2 Å². The van der Waals surface area contributed by atoms with Gasteiger partial charge in [0.2, 0.25) is 0 Å². The molecule has 16 heavy (non-hydrogen) atoms. The molecule has 0 amide bonds. The summed E-state index contributed by atoms with van der Waals surface area (Å²) in [6, 6.07) is 11.5. The van der Waals surface area contributed by atoms with E-state index in [9.17, 15) is 14.9 Å². The summed E-state index contributed by atoms with van der Waals surface area (Å²) >= 11 is 0. The first-order chi connectivity index (χ1) is 7.68. The van der Waals surface area contributed by atoms with Gasteiger partial charge >= 0.3 is 11.3 Å². The van der Waals surface area contributed by atoms with Crippen LogP contribution >= 0.6 is 0 Å². The molecule has 2 rings (SSSR count). The van der Waals surface area contributed by atoms with Crippen molar-refractivity contribution in [2.45, 2.75) is 0 Å². The van der Waals surface area contributed by atoms with Crippen molar-refractivity contribution in [3.05, 3.63) is 63.0 Å². The van der Waals surface area contributed by atoms with Crippen molar-refractivity contribution < 1.29 is 9.34 Å². The highest BCUT2D eigenvalue weighted by Gasteiger charge is 2.14. The van der Waals surface area contributed by atoms with E-state index >= 15 is 0 Å². The Hall–Kier alpha value is -2.43. The van der Waals surface area contributed by atoms with Crippen LogP contribution in [0, 0.1) is 10.1 Å². The van der Waals surface area contributed by atoms with E-state index in [1.165, 1.54) is 6.07 Å². The predicted molar refractivity (Wildman–Crippen MR) is 57.1 cm³/mol. The summed E-state index contributed by atoms with van der Waals surface area (Å²) in [5.74, 6) is 0.316. The minimum atomic E-state index is -0.939. The van der Waals surface area contributed by atoms with Crippen molar-refractivity contribution in [3.63, 3.8) is 0 Å². The van der Waals surface area contributed by atoms with Gasteiger partial charge in [-0.3, -0.25) is 10.1 Å². The van der Waals surface area contributed by atoms with Gasteiger partial charge in [0.05, 0.1) is 4.92 Å². The minimum Gasteiger partial charge on any atom is -0.418 e. The molecular formula is C11H7NO4. The van der Waals surface area contributed by atoms with Crippen LogP contribution in [0.5, 0.6) is 0 Å². The molecule has 0 fully saturated rings. The van der Waals surface area contributed by atoms with Crippen LogP contribution in [0.15, 0.2) is 51.7 Å². The van der Waals surface area contributed by atoms with Crippen LogP contribution < -0.4 is 5.63 Å². The third kappa shape index (κ3) is 1.83. The summed E-state index contributed by atoms with van der Waals surface area (Å²) in [4.78, 5) is 20.9. The molecule has 5 nitrogen and oxygen atoms in total. The Kier molecular flexibility index (Phi) is 2.51. The molecule has 1 aromatic heterocycles. The number of hydrogen-bond acceptors (Lipinski definition) is 4. The van der Waals surface area contributed by atoms with Crippen molar-refractivity contribution in [2.75, 3.05) is 0 Å². The van der Waals surface area contributed by atoms with Gasteiger partial charge in [0.1, 0.15) is 5.76 Å². The van der Waals surface area contributed by atoms with E-state index in [0.29, 0.717) is 11.3 Å². The van der Waals surface area contributed by atoms with Crippen molar-refractivity contribution in [1.29, 1.82) is 0 Å². The number of benzene rings is 1. The lowest BCUT2D eigenvalue weighted by Crippen LogP contribution is -2.06. The first kappa shape index (κ1) is 10.1. The zero-order chi connectivity index (χ0) is 11.5. The van der Waals surface area contributed by atoms with Gasteiger partial charge in [-0.25, -0.2) is 4.79 Å². The number of nitrogens with zero attached hydrogens (tertiary/aromatic N) is 1. The molecule has 0 aliphatic rings. The third-order valence-electron chi connectivity index (χ3n) is 2.06. The number of hydrogen-bond donors (Lipinski definition) is 0. The van der Waals surface area contributed by atoms with Crippen molar-refractivity contribution in [2.24, 2.45) is 0 Å². The zero-order valence-corrected chi connectivity index (χ0v) is 8.12. The highest BCUT2D eigenvalue weighted by molar-refractivity contribution is 5.57. The molecule has 1 aromatic carbocycles. The van der Waals surface area contributed by atoms with Gasteiger partial charge in [0.25, 0.3) is 0 Å². The van der Waals surface area contributed by atoms with Gasteiger partial charge < -0.3 is 4.42 Å². The highest BCUT2D eigenvalue weighted by atomic mass is 16.6. The molecule has 0 unspecified atom stereocenters. The minimum absolute atomic E-state index is 0.316. The summed E-state index contributed by atoms with van der Waals surface area (Å²) in [6.07, 6.45) is 0. The summed E-state index contributed by atoms with van der Waals surface area (Å²) < 4.78 is 4.86. The molecule has 1 heterocycles. The second-order valence-electron chi connectivity index (χ2n) is 3.10. The van der Waals surface area contributed by atoms with E-state index in [-0.39, 0.29) is 0 Å². The average Bonchev–Trinajstić information content (AvgIpc) is 2.29. The number of rotatable bonds is 2. The van der Waals surface area contributed by atoms with Gasteiger partial charge in [-0.15, -0.1) is 0 Å². The van der Waals surface area contributed by atoms with Crippen LogP contribution in [0.25, 0.3) is 11.3 Å². The highest BCUT2D eigenvalue weighted by Crippen LogP contribution is 2.18. The van der Waals surface area contributed by atoms with Gasteiger partial charge in [-0.1, -0.05) is 30.3 Å². The fourth-order valence-corrected chi connectivity index (χ4v) is 1.30. The van der Waals surface area contributed by atoms with Crippen molar-refractivity contribution in [3.8, 4) is 11.3 Å². The topological polar surface area (TPSA) is 73.3 Å². The molecule has 0 radical (unpaired) electrons. The maximum Gasteiger partial charge on any atom is 0.415 e. The fraction of sp³-hybridized carbons (Fsp3) is 0. The van der Waals surface area contributed by atoms with E-state index in [1.807, 2.05) is 6.07 Å². The Bertz CT molecular complexity index is 574. The molecule has 80 valence electrons. The monoisotopic (exact) mass is 217 g/mol. The molecule has 0 saturated heterocycles. The van der Waals surface area contributed by atoms with E-state index in [1.54, 1.807) is 24.3 Å². The Labute approximate surface area is 90.1 Å². The van der Waals surface area contributed by atoms with Crippen LogP contribution in [-0.4, -0.2) is 4.92 Å². The lowest BCUT2D eigenvalue weighted by Gasteiger charge is -1.98. The Morgan fingerprint density at radius 2 is 1.75 bits per heavy atom. The Morgan fingerprint density at radius 3 is 2.31 bits per heavy atom. The molecule has 0 saturated carbocycles. The Balaban J connectivity index is 2.51. The maximum absolute atomic E-state index is 11.2. The van der Waals surface area contributed by atoms with Gasteiger partial charge in [0, 0.05) is 11.6 Å². The molecule has 5 heteroatoms. The molecule has 0 aliphatic heterocycles.